The fraction of sp³-hybridized carbons (Fsp3) is 0.458. The molecule has 1 fully saturated rings. The Morgan fingerprint density at radius 2 is 2.09 bits per heavy atom. The SMILES string of the molecule is O=C(NCCC1=CCCCC1)[C@@H]1CCCN(c2nn3cc(-c4ccc(F)cc4)nc3s2)C1. The fourth-order valence-electron chi connectivity index (χ4n) is 4.56. The molecule has 0 unspecified atom stereocenters. The average molecular weight is 454 g/mol. The van der Waals surface area contributed by atoms with Gasteiger partial charge in [0.15, 0.2) is 0 Å². The van der Waals surface area contributed by atoms with Crippen LogP contribution in [0.25, 0.3) is 16.2 Å². The number of aromatic nitrogens is 3. The van der Waals surface area contributed by atoms with Crippen molar-refractivity contribution in [2.45, 2.75) is 44.9 Å². The molecule has 0 radical (unpaired) electrons. The number of rotatable bonds is 6. The van der Waals surface area contributed by atoms with E-state index in [9.17, 15) is 9.18 Å². The minimum absolute atomic E-state index is 0.00455. The van der Waals surface area contributed by atoms with Crippen molar-refractivity contribution in [2.75, 3.05) is 24.5 Å². The summed E-state index contributed by atoms with van der Waals surface area (Å²) < 4.78 is 15.0. The van der Waals surface area contributed by atoms with Crippen molar-refractivity contribution in [1.29, 1.82) is 0 Å². The molecule has 168 valence electrons. The number of amides is 1. The predicted molar refractivity (Wildman–Crippen MR) is 125 cm³/mol. The van der Waals surface area contributed by atoms with Gasteiger partial charge in [0.25, 0.3) is 0 Å². The highest BCUT2D eigenvalue weighted by Gasteiger charge is 2.27. The molecule has 6 nitrogen and oxygen atoms in total. The summed E-state index contributed by atoms with van der Waals surface area (Å²) in [5.74, 6) is -0.105. The molecule has 32 heavy (non-hydrogen) atoms. The largest absolute Gasteiger partial charge is 0.355 e. The third-order valence-corrected chi connectivity index (χ3v) is 7.35. The minimum atomic E-state index is -0.259. The van der Waals surface area contributed by atoms with Crippen LogP contribution in [0.1, 0.15) is 44.9 Å². The maximum absolute atomic E-state index is 13.2. The number of benzene rings is 1. The molecule has 1 aliphatic heterocycles. The molecular formula is C24H28FN5OS. The fourth-order valence-corrected chi connectivity index (χ4v) is 5.48. The zero-order chi connectivity index (χ0) is 21.9. The van der Waals surface area contributed by atoms with Gasteiger partial charge in [0.2, 0.25) is 16.0 Å². The van der Waals surface area contributed by atoms with E-state index in [1.54, 1.807) is 16.6 Å². The summed E-state index contributed by atoms with van der Waals surface area (Å²) in [6, 6.07) is 6.32. The number of halogens is 1. The highest BCUT2D eigenvalue weighted by molar-refractivity contribution is 7.20. The summed E-state index contributed by atoms with van der Waals surface area (Å²) in [5, 5.41) is 8.75. The van der Waals surface area contributed by atoms with Gasteiger partial charge < -0.3 is 10.2 Å². The topological polar surface area (TPSA) is 62.5 Å². The van der Waals surface area contributed by atoms with Gasteiger partial charge in [-0.15, -0.1) is 5.10 Å². The van der Waals surface area contributed by atoms with Crippen LogP contribution in [-0.2, 0) is 4.79 Å². The predicted octanol–water partition coefficient (Wildman–Crippen LogP) is 4.82. The van der Waals surface area contributed by atoms with Gasteiger partial charge in [-0.2, -0.15) is 0 Å². The van der Waals surface area contributed by atoms with E-state index in [1.807, 2.05) is 6.20 Å². The lowest BCUT2D eigenvalue weighted by Gasteiger charge is -2.31. The Morgan fingerprint density at radius 1 is 1.22 bits per heavy atom. The van der Waals surface area contributed by atoms with Crippen LogP contribution in [0, 0.1) is 11.7 Å². The van der Waals surface area contributed by atoms with Crippen molar-refractivity contribution in [1.82, 2.24) is 19.9 Å². The molecule has 8 heteroatoms. The quantitative estimate of drug-likeness (QED) is 0.544. The summed E-state index contributed by atoms with van der Waals surface area (Å²) in [6.45, 7) is 2.33. The number of nitrogens with one attached hydrogen (secondary N) is 1. The molecule has 3 heterocycles. The van der Waals surface area contributed by atoms with E-state index in [0.717, 1.165) is 53.7 Å². The summed E-state index contributed by atoms with van der Waals surface area (Å²) in [7, 11) is 0. The first-order valence-corrected chi connectivity index (χ1v) is 12.3. The first kappa shape index (κ1) is 21.1. The molecule has 1 N–H and O–H groups in total. The number of carbonyl (C=O) groups is 1. The summed E-state index contributed by atoms with van der Waals surface area (Å²) in [6.07, 6.45) is 12.0. The second-order valence-electron chi connectivity index (χ2n) is 8.68. The first-order valence-electron chi connectivity index (χ1n) is 11.5. The Bertz CT molecular complexity index is 1090. The van der Waals surface area contributed by atoms with Crippen LogP contribution in [0.15, 0.2) is 42.1 Å². The number of imidazole rings is 1. The molecule has 1 amide bonds. The van der Waals surface area contributed by atoms with Gasteiger partial charge in [0.1, 0.15) is 5.82 Å². The smallest absolute Gasteiger partial charge is 0.224 e. The molecule has 2 aromatic heterocycles. The van der Waals surface area contributed by atoms with Crippen LogP contribution in [0.3, 0.4) is 0 Å². The number of nitrogens with zero attached hydrogens (tertiary/aromatic N) is 4. The molecule has 0 bridgehead atoms. The van der Waals surface area contributed by atoms with Gasteiger partial charge in [-0.1, -0.05) is 23.0 Å². The van der Waals surface area contributed by atoms with E-state index in [2.05, 4.69) is 21.3 Å². The molecule has 1 saturated heterocycles. The number of hydrogen-bond acceptors (Lipinski definition) is 5. The average Bonchev–Trinajstić information content (AvgIpc) is 3.40. The van der Waals surface area contributed by atoms with Crippen LogP contribution in [0.2, 0.25) is 0 Å². The van der Waals surface area contributed by atoms with Crippen LogP contribution < -0.4 is 10.2 Å². The van der Waals surface area contributed by atoms with Crippen molar-refractivity contribution in [3.05, 3.63) is 47.9 Å². The van der Waals surface area contributed by atoms with Crippen LogP contribution >= 0.6 is 11.3 Å². The normalized spacial score (nSPS) is 19.2. The Labute approximate surface area is 191 Å². The highest BCUT2D eigenvalue weighted by atomic mass is 32.1. The summed E-state index contributed by atoms with van der Waals surface area (Å²) in [5.41, 5.74) is 3.14. The van der Waals surface area contributed by atoms with Crippen molar-refractivity contribution < 1.29 is 9.18 Å². The van der Waals surface area contributed by atoms with Gasteiger partial charge in [-0.05, 0) is 69.2 Å². The maximum atomic E-state index is 13.2. The highest BCUT2D eigenvalue weighted by Crippen LogP contribution is 2.30. The number of hydrogen-bond donors (Lipinski definition) is 1. The maximum Gasteiger partial charge on any atom is 0.224 e. The Morgan fingerprint density at radius 3 is 2.88 bits per heavy atom. The number of anilines is 1. The van der Waals surface area contributed by atoms with Gasteiger partial charge >= 0.3 is 0 Å². The zero-order valence-corrected chi connectivity index (χ0v) is 18.9. The summed E-state index contributed by atoms with van der Waals surface area (Å²) >= 11 is 1.53. The third-order valence-electron chi connectivity index (χ3n) is 6.37. The van der Waals surface area contributed by atoms with Crippen molar-refractivity contribution >= 4 is 27.3 Å². The van der Waals surface area contributed by atoms with E-state index < -0.39 is 0 Å². The second-order valence-corrected chi connectivity index (χ2v) is 9.61. The minimum Gasteiger partial charge on any atom is -0.355 e. The lowest BCUT2D eigenvalue weighted by atomic mass is 9.96. The van der Waals surface area contributed by atoms with Gasteiger partial charge in [0, 0.05) is 25.2 Å². The lowest BCUT2D eigenvalue weighted by molar-refractivity contribution is -0.125. The van der Waals surface area contributed by atoms with E-state index >= 15 is 0 Å². The third kappa shape index (κ3) is 4.70. The van der Waals surface area contributed by atoms with Crippen LogP contribution in [0.4, 0.5) is 9.52 Å². The Balaban J connectivity index is 1.20. The number of fused-ring (bicyclic) bond motifs is 1. The molecule has 0 spiro atoms. The lowest BCUT2D eigenvalue weighted by Crippen LogP contribution is -2.43. The molecule has 3 aromatic rings. The molecule has 1 atom stereocenters. The molecular weight excluding hydrogens is 425 g/mol. The van der Waals surface area contributed by atoms with Crippen molar-refractivity contribution in [2.24, 2.45) is 5.92 Å². The Hall–Kier alpha value is -2.74. The summed E-state index contributed by atoms with van der Waals surface area (Å²) in [4.78, 5) is 20.4. The number of carbonyl (C=O) groups excluding carboxylic acids is 1. The van der Waals surface area contributed by atoms with E-state index in [0.29, 0.717) is 6.54 Å². The molecule has 0 saturated carbocycles. The molecule has 5 rings (SSSR count). The van der Waals surface area contributed by atoms with Gasteiger partial charge in [0.05, 0.1) is 17.8 Å². The number of piperidine rings is 1. The van der Waals surface area contributed by atoms with E-state index in [1.165, 1.54) is 54.7 Å². The standard InChI is InChI=1S/C24H28FN5OS/c25-20-10-8-18(9-11-20)21-16-30-23(27-21)32-24(28-30)29-14-4-7-19(15-29)22(31)26-13-12-17-5-2-1-3-6-17/h5,8-11,16,19H,1-4,6-7,12-15H2,(H,26,31)/t19-/m1/s1. The monoisotopic (exact) mass is 453 g/mol. The van der Waals surface area contributed by atoms with Crippen LogP contribution in [-0.4, -0.2) is 40.1 Å². The Kier molecular flexibility index (Phi) is 6.21. The van der Waals surface area contributed by atoms with Gasteiger partial charge in [-0.3, -0.25) is 4.79 Å². The van der Waals surface area contributed by atoms with Crippen molar-refractivity contribution in [3.8, 4) is 11.3 Å². The zero-order valence-electron chi connectivity index (χ0n) is 18.1. The molecule has 1 aliphatic carbocycles. The molecule has 1 aromatic carbocycles. The molecule has 2 aliphatic rings. The van der Waals surface area contributed by atoms with E-state index in [4.69, 9.17) is 5.10 Å². The van der Waals surface area contributed by atoms with Gasteiger partial charge in [-0.25, -0.2) is 13.9 Å². The van der Waals surface area contributed by atoms with E-state index in [-0.39, 0.29) is 17.6 Å². The second kappa shape index (κ2) is 9.40. The van der Waals surface area contributed by atoms with Crippen LogP contribution in [0.5, 0.6) is 0 Å². The number of allylic oxidation sites excluding steroid dienone is 1. The first-order chi connectivity index (χ1) is 15.7. The van der Waals surface area contributed by atoms with Crippen molar-refractivity contribution in [3.63, 3.8) is 0 Å².